The standard InChI is InChI=1S/2C15H10N.C13H24O2.Ir/c2*1-2-7-13(8-3-1)15-14-9-5-4-6-12(14)10-11-16-15;1-5-10(6-2)12(14)9-13(15)11(7-3)8-4;/h2*1-7,9-11H;9-11,14H,5-8H2,1-4H3;/q2*-1;;/b;;12-9-;. The minimum atomic E-state index is 0. The van der Waals surface area contributed by atoms with E-state index >= 15 is 0 Å². The summed E-state index contributed by atoms with van der Waals surface area (Å²) in [5.41, 5.74) is 4.08. The van der Waals surface area contributed by atoms with Gasteiger partial charge in [0, 0.05) is 50.4 Å². The minimum Gasteiger partial charge on any atom is -0.512 e. The molecular weight excluding hydrogens is 769 g/mol. The number of rotatable bonds is 9. The van der Waals surface area contributed by atoms with Crippen LogP contribution in [0.2, 0.25) is 0 Å². The smallest absolute Gasteiger partial charge is 0.162 e. The normalized spacial score (nSPS) is 10.9. The number of aliphatic hydroxyl groups excluding tert-OH is 1. The molecule has 2 heterocycles. The molecule has 0 aliphatic carbocycles. The Bertz CT molecular complexity index is 1740. The molecule has 4 nitrogen and oxygen atoms in total. The Hall–Kier alpha value is -4.44. The summed E-state index contributed by atoms with van der Waals surface area (Å²) in [7, 11) is 0. The number of carbonyl (C=O) groups is 1. The van der Waals surface area contributed by atoms with E-state index < -0.39 is 0 Å². The third-order valence-electron chi connectivity index (χ3n) is 8.36. The second-order valence-electron chi connectivity index (χ2n) is 11.3. The fraction of sp³-hybridized carbons (Fsp3) is 0.233. The van der Waals surface area contributed by atoms with E-state index in [0.717, 1.165) is 48.2 Å². The molecule has 0 aliphatic rings. The Balaban J connectivity index is 0.000000194. The van der Waals surface area contributed by atoms with E-state index in [4.69, 9.17) is 0 Å². The molecule has 6 aromatic rings. The number of nitrogens with zero attached hydrogens (tertiary/aromatic N) is 2. The number of pyridine rings is 2. The number of aromatic nitrogens is 2. The molecule has 6 rings (SSSR count). The molecule has 0 aliphatic heterocycles. The van der Waals surface area contributed by atoms with Crippen LogP contribution >= 0.6 is 0 Å². The number of hydrogen-bond acceptors (Lipinski definition) is 4. The van der Waals surface area contributed by atoms with E-state index in [1.807, 2.05) is 125 Å². The van der Waals surface area contributed by atoms with E-state index in [2.05, 4.69) is 46.4 Å². The van der Waals surface area contributed by atoms with Crippen LogP contribution in [0, 0.1) is 24.0 Å². The van der Waals surface area contributed by atoms with Crippen LogP contribution in [0.3, 0.4) is 0 Å². The number of carbonyl (C=O) groups excluding carboxylic acids is 1. The van der Waals surface area contributed by atoms with Crippen LogP contribution in [0.25, 0.3) is 44.1 Å². The maximum Gasteiger partial charge on any atom is 0.162 e. The van der Waals surface area contributed by atoms with Gasteiger partial charge in [0.05, 0.1) is 5.76 Å². The van der Waals surface area contributed by atoms with Crippen molar-refractivity contribution < 1.29 is 30.0 Å². The molecule has 0 saturated heterocycles. The van der Waals surface area contributed by atoms with E-state index in [0.29, 0.717) is 0 Å². The fourth-order valence-electron chi connectivity index (χ4n) is 5.53. The summed E-state index contributed by atoms with van der Waals surface area (Å²) in [4.78, 5) is 20.6. The predicted molar refractivity (Wildman–Crippen MR) is 196 cm³/mol. The van der Waals surface area contributed by atoms with Crippen LogP contribution < -0.4 is 0 Å². The molecule has 2 aromatic heterocycles. The maximum atomic E-state index is 11.7. The number of aliphatic hydroxyl groups is 1. The van der Waals surface area contributed by atoms with Crippen molar-refractivity contribution in [2.24, 2.45) is 11.8 Å². The summed E-state index contributed by atoms with van der Waals surface area (Å²) in [5, 5.41) is 14.5. The van der Waals surface area contributed by atoms with E-state index in [-0.39, 0.29) is 43.5 Å². The Morgan fingerprint density at radius 3 is 1.44 bits per heavy atom. The Kier molecular flexibility index (Phi) is 15.9. The number of benzene rings is 4. The first-order valence-corrected chi connectivity index (χ1v) is 16.6. The number of hydrogen-bond donors (Lipinski definition) is 1. The first-order valence-electron chi connectivity index (χ1n) is 16.6. The quantitative estimate of drug-likeness (QED) is 0.0897. The molecule has 0 spiro atoms. The molecule has 1 N–H and O–H groups in total. The fourth-order valence-corrected chi connectivity index (χ4v) is 5.53. The van der Waals surface area contributed by atoms with Crippen LogP contribution in [0.5, 0.6) is 0 Å². The zero-order valence-corrected chi connectivity index (χ0v) is 30.6. The Morgan fingerprint density at radius 2 is 1.04 bits per heavy atom. The summed E-state index contributed by atoms with van der Waals surface area (Å²) in [5.74, 6) is 0.547. The van der Waals surface area contributed by atoms with Gasteiger partial charge in [0.15, 0.2) is 5.78 Å². The van der Waals surface area contributed by atoms with E-state index in [1.54, 1.807) is 0 Å². The van der Waals surface area contributed by atoms with Gasteiger partial charge in [-0.3, -0.25) is 4.79 Å². The van der Waals surface area contributed by atoms with Gasteiger partial charge in [-0.2, -0.15) is 0 Å². The van der Waals surface area contributed by atoms with Gasteiger partial charge in [0.2, 0.25) is 0 Å². The topological polar surface area (TPSA) is 63.1 Å². The van der Waals surface area contributed by atoms with Crippen molar-refractivity contribution in [2.75, 3.05) is 0 Å². The zero-order valence-electron chi connectivity index (χ0n) is 28.2. The van der Waals surface area contributed by atoms with Gasteiger partial charge in [-0.15, -0.1) is 71.8 Å². The molecule has 0 atom stereocenters. The summed E-state index contributed by atoms with van der Waals surface area (Å²) < 4.78 is 0. The average molecular weight is 813 g/mol. The van der Waals surface area contributed by atoms with Gasteiger partial charge in [-0.25, -0.2) is 0 Å². The molecule has 5 heteroatoms. The molecule has 4 aromatic carbocycles. The monoisotopic (exact) mass is 813 g/mol. The van der Waals surface area contributed by atoms with Crippen molar-refractivity contribution in [1.29, 1.82) is 0 Å². The molecule has 0 amide bonds. The first-order chi connectivity index (χ1) is 23.0. The summed E-state index contributed by atoms with van der Waals surface area (Å²) in [6.07, 6.45) is 8.60. The Labute approximate surface area is 299 Å². The third-order valence-corrected chi connectivity index (χ3v) is 8.36. The zero-order chi connectivity index (χ0) is 33.4. The van der Waals surface area contributed by atoms with Crippen LogP contribution in [-0.2, 0) is 24.9 Å². The summed E-state index contributed by atoms with van der Waals surface area (Å²) in [6.45, 7) is 8.07. The largest absolute Gasteiger partial charge is 0.512 e. The Morgan fingerprint density at radius 1 is 0.625 bits per heavy atom. The second kappa shape index (κ2) is 20.0. The van der Waals surface area contributed by atoms with Gasteiger partial charge in [0.25, 0.3) is 0 Å². The van der Waals surface area contributed by atoms with Gasteiger partial charge < -0.3 is 15.1 Å². The second-order valence-corrected chi connectivity index (χ2v) is 11.3. The van der Waals surface area contributed by atoms with Crippen molar-refractivity contribution >= 4 is 27.3 Å². The van der Waals surface area contributed by atoms with Crippen LogP contribution in [0.1, 0.15) is 53.4 Å². The van der Waals surface area contributed by atoms with E-state index in [9.17, 15) is 9.90 Å². The molecule has 0 bridgehead atoms. The predicted octanol–water partition coefficient (Wildman–Crippen LogP) is 11.3. The minimum absolute atomic E-state index is 0. The van der Waals surface area contributed by atoms with Crippen molar-refractivity contribution in [2.45, 2.75) is 53.4 Å². The molecule has 0 fully saturated rings. The molecular formula is C43H44IrN2O2-2. The van der Waals surface area contributed by atoms with Gasteiger partial charge in [-0.1, -0.05) is 76.2 Å². The van der Waals surface area contributed by atoms with E-state index in [1.165, 1.54) is 27.6 Å². The van der Waals surface area contributed by atoms with Gasteiger partial charge in [-0.05, 0) is 70.7 Å². The molecule has 48 heavy (non-hydrogen) atoms. The van der Waals surface area contributed by atoms with Crippen molar-refractivity contribution in [3.05, 3.63) is 146 Å². The number of allylic oxidation sites excluding steroid dienone is 2. The summed E-state index contributed by atoms with van der Waals surface area (Å²) in [6, 6.07) is 42.9. The van der Waals surface area contributed by atoms with Gasteiger partial charge in [0.1, 0.15) is 0 Å². The summed E-state index contributed by atoms with van der Waals surface area (Å²) >= 11 is 0. The van der Waals surface area contributed by atoms with Crippen molar-refractivity contribution in [3.63, 3.8) is 0 Å². The van der Waals surface area contributed by atoms with Crippen molar-refractivity contribution in [3.8, 4) is 22.5 Å². The SMILES string of the molecule is CCC(CC)C(=O)/C=C(\O)C(CC)CC.[Ir].[c-]1ccccc1-c1nccc2ccccc12.[c-]1ccccc1-c1nccc2ccccc12. The van der Waals surface area contributed by atoms with Gasteiger partial charge >= 0.3 is 0 Å². The number of fused-ring (bicyclic) bond motifs is 2. The first kappa shape index (κ1) is 38.0. The average Bonchev–Trinajstić information content (AvgIpc) is 3.13. The molecule has 0 saturated carbocycles. The molecule has 0 unspecified atom stereocenters. The number of ketones is 1. The van der Waals surface area contributed by atoms with Crippen LogP contribution in [-0.4, -0.2) is 20.9 Å². The third kappa shape index (κ3) is 10.3. The van der Waals surface area contributed by atoms with Crippen LogP contribution in [0.4, 0.5) is 0 Å². The molecule has 249 valence electrons. The van der Waals surface area contributed by atoms with Crippen LogP contribution in [0.15, 0.2) is 133 Å². The maximum absolute atomic E-state index is 11.7. The molecule has 1 radical (unpaired) electrons. The van der Waals surface area contributed by atoms with Crippen molar-refractivity contribution in [1.82, 2.24) is 9.97 Å².